The number of hydrogen-bond donors (Lipinski definition) is 1. The molecule has 2 amide bonds. The van der Waals surface area contributed by atoms with Crippen molar-refractivity contribution < 1.29 is 22.8 Å². The molecule has 0 aliphatic carbocycles. The van der Waals surface area contributed by atoms with Gasteiger partial charge in [0.2, 0.25) is 5.91 Å². The maximum Gasteiger partial charge on any atom is 0.395 e. The molecule has 4 nitrogen and oxygen atoms in total. The van der Waals surface area contributed by atoms with Gasteiger partial charge in [0, 0.05) is 18.7 Å². The van der Waals surface area contributed by atoms with E-state index in [0.29, 0.717) is 5.56 Å². The van der Waals surface area contributed by atoms with Crippen molar-refractivity contribution in [1.29, 1.82) is 0 Å². The van der Waals surface area contributed by atoms with Gasteiger partial charge in [0.25, 0.3) is 5.91 Å². The number of likely N-dealkylation sites (tertiary alicyclic amines) is 1. The summed E-state index contributed by atoms with van der Waals surface area (Å²) in [6.45, 7) is 5.20. The third kappa shape index (κ3) is 4.27. The van der Waals surface area contributed by atoms with Gasteiger partial charge >= 0.3 is 6.18 Å². The molecule has 1 N–H and O–H groups in total. The summed E-state index contributed by atoms with van der Waals surface area (Å²) in [5.41, 5.74) is 1.46. The van der Waals surface area contributed by atoms with Crippen molar-refractivity contribution in [2.75, 3.05) is 19.6 Å². The molecule has 132 valence electrons. The molecule has 24 heavy (non-hydrogen) atoms. The van der Waals surface area contributed by atoms with Gasteiger partial charge in [-0.3, -0.25) is 9.59 Å². The van der Waals surface area contributed by atoms with Crippen LogP contribution in [0, 0.1) is 5.92 Å². The Bertz CT molecular complexity index is 612. The lowest BCUT2D eigenvalue weighted by molar-refractivity contribution is -0.209. The molecule has 1 heterocycles. The van der Waals surface area contributed by atoms with Gasteiger partial charge in [-0.2, -0.15) is 13.2 Å². The summed E-state index contributed by atoms with van der Waals surface area (Å²) in [6, 6.07) is 7.04. The highest BCUT2D eigenvalue weighted by atomic mass is 19.4. The molecule has 0 unspecified atom stereocenters. The molecule has 1 aliphatic rings. The molecule has 0 radical (unpaired) electrons. The van der Waals surface area contributed by atoms with Crippen LogP contribution >= 0.6 is 0 Å². The van der Waals surface area contributed by atoms with Crippen LogP contribution in [0.1, 0.15) is 36.7 Å². The highest BCUT2D eigenvalue weighted by Gasteiger charge is 2.48. The number of hydrogen-bond acceptors (Lipinski definition) is 2. The number of carbonyl (C=O) groups is 2. The Balaban J connectivity index is 1.82. The second-order valence-electron chi connectivity index (χ2n) is 7.05. The fraction of sp³-hybridized carbons (Fsp3) is 0.529. The van der Waals surface area contributed by atoms with E-state index in [1.54, 1.807) is 12.1 Å². The van der Waals surface area contributed by atoms with Crippen LogP contribution in [-0.4, -0.2) is 42.5 Å². The molecule has 0 spiro atoms. The van der Waals surface area contributed by atoms with Crippen molar-refractivity contribution in [1.82, 2.24) is 10.2 Å². The quantitative estimate of drug-likeness (QED) is 0.918. The average Bonchev–Trinajstić information content (AvgIpc) is 2.40. The van der Waals surface area contributed by atoms with E-state index < -0.39 is 23.9 Å². The summed E-state index contributed by atoms with van der Waals surface area (Å²) < 4.78 is 37.1. The Kier molecular flexibility index (Phi) is 4.92. The molecule has 0 saturated carbocycles. The fourth-order valence-corrected chi connectivity index (χ4v) is 2.38. The molecule has 7 heteroatoms. The number of carbonyl (C=O) groups excluding carboxylic acids is 2. The third-order valence-electron chi connectivity index (χ3n) is 4.11. The fourth-order valence-electron chi connectivity index (χ4n) is 2.38. The van der Waals surface area contributed by atoms with E-state index in [9.17, 15) is 22.8 Å². The topological polar surface area (TPSA) is 49.4 Å². The largest absolute Gasteiger partial charge is 0.395 e. The first-order valence-corrected chi connectivity index (χ1v) is 7.71. The van der Waals surface area contributed by atoms with Crippen LogP contribution in [0.15, 0.2) is 24.3 Å². The number of nitrogens with one attached hydrogen (secondary N) is 1. The van der Waals surface area contributed by atoms with E-state index in [1.165, 1.54) is 0 Å². The monoisotopic (exact) mass is 342 g/mol. The first-order chi connectivity index (χ1) is 11.0. The van der Waals surface area contributed by atoms with Crippen molar-refractivity contribution in [2.45, 2.75) is 32.4 Å². The number of benzene rings is 1. The maximum absolute atomic E-state index is 12.4. The van der Waals surface area contributed by atoms with Crippen LogP contribution in [0.2, 0.25) is 0 Å². The zero-order chi connectivity index (χ0) is 18.1. The number of amides is 2. The smallest absolute Gasteiger partial charge is 0.343 e. The Labute approximate surface area is 139 Å². The number of alkyl halides is 3. The van der Waals surface area contributed by atoms with E-state index in [4.69, 9.17) is 0 Å². The summed E-state index contributed by atoms with van der Waals surface area (Å²) in [5, 5.41) is 2.45. The molecular formula is C17H21F3N2O2. The lowest BCUT2D eigenvalue weighted by Crippen LogP contribution is -2.57. The zero-order valence-electron chi connectivity index (χ0n) is 13.9. The van der Waals surface area contributed by atoms with Gasteiger partial charge in [0.05, 0.1) is 12.5 Å². The van der Waals surface area contributed by atoms with Gasteiger partial charge in [-0.1, -0.05) is 32.9 Å². The van der Waals surface area contributed by atoms with E-state index >= 15 is 0 Å². The van der Waals surface area contributed by atoms with E-state index in [-0.39, 0.29) is 25.0 Å². The Morgan fingerprint density at radius 2 is 1.67 bits per heavy atom. The van der Waals surface area contributed by atoms with Crippen LogP contribution in [-0.2, 0) is 10.2 Å². The Morgan fingerprint density at radius 3 is 2.12 bits per heavy atom. The Morgan fingerprint density at radius 1 is 1.12 bits per heavy atom. The highest BCUT2D eigenvalue weighted by Crippen LogP contribution is 2.33. The molecule has 1 saturated heterocycles. The molecule has 1 fully saturated rings. The van der Waals surface area contributed by atoms with Crippen molar-refractivity contribution in [2.24, 2.45) is 5.92 Å². The number of nitrogens with zero attached hydrogens (tertiary/aromatic N) is 1. The highest BCUT2D eigenvalue weighted by molar-refractivity contribution is 5.96. The summed E-state index contributed by atoms with van der Waals surface area (Å²) in [6.07, 6.45) is -4.27. The van der Waals surface area contributed by atoms with Gasteiger partial charge in [0.1, 0.15) is 0 Å². The normalized spacial score (nSPS) is 15.8. The number of halogens is 3. The van der Waals surface area contributed by atoms with Crippen LogP contribution in [0.5, 0.6) is 0 Å². The lowest BCUT2D eigenvalue weighted by Gasteiger charge is -2.40. The van der Waals surface area contributed by atoms with Crippen molar-refractivity contribution >= 4 is 11.8 Å². The number of rotatable bonds is 3. The first-order valence-electron chi connectivity index (χ1n) is 7.71. The SMILES string of the molecule is CC(C)(C)c1ccc(C(=O)NCC(=O)N2CC(C(F)(F)F)C2)cc1. The van der Waals surface area contributed by atoms with Crippen LogP contribution < -0.4 is 5.32 Å². The summed E-state index contributed by atoms with van der Waals surface area (Å²) in [7, 11) is 0. The second kappa shape index (κ2) is 6.45. The van der Waals surface area contributed by atoms with Gasteiger partial charge in [-0.15, -0.1) is 0 Å². The van der Waals surface area contributed by atoms with Crippen molar-refractivity contribution in [3.05, 3.63) is 35.4 Å². The van der Waals surface area contributed by atoms with Gasteiger partial charge in [0.15, 0.2) is 0 Å². The molecule has 0 bridgehead atoms. The second-order valence-corrected chi connectivity index (χ2v) is 7.05. The molecule has 1 aromatic carbocycles. The van der Waals surface area contributed by atoms with Gasteiger partial charge in [-0.25, -0.2) is 0 Å². The summed E-state index contributed by atoms with van der Waals surface area (Å²) in [5.74, 6) is -2.38. The first kappa shape index (κ1) is 18.3. The minimum absolute atomic E-state index is 0.0303. The van der Waals surface area contributed by atoms with Crippen molar-refractivity contribution in [3.8, 4) is 0 Å². The summed E-state index contributed by atoms with van der Waals surface area (Å²) in [4.78, 5) is 24.9. The van der Waals surface area contributed by atoms with Gasteiger partial charge < -0.3 is 10.2 Å². The van der Waals surface area contributed by atoms with E-state index in [0.717, 1.165) is 10.5 Å². The molecule has 0 aromatic heterocycles. The predicted molar refractivity (Wildman–Crippen MR) is 83.6 cm³/mol. The van der Waals surface area contributed by atoms with Crippen LogP contribution in [0.3, 0.4) is 0 Å². The van der Waals surface area contributed by atoms with E-state index in [2.05, 4.69) is 26.1 Å². The molecule has 1 aromatic rings. The van der Waals surface area contributed by atoms with Crippen molar-refractivity contribution in [3.63, 3.8) is 0 Å². The van der Waals surface area contributed by atoms with Crippen LogP contribution in [0.25, 0.3) is 0 Å². The molecule has 2 rings (SSSR count). The zero-order valence-corrected chi connectivity index (χ0v) is 13.9. The minimum atomic E-state index is -4.27. The van der Waals surface area contributed by atoms with Gasteiger partial charge in [-0.05, 0) is 23.1 Å². The molecular weight excluding hydrogens is 321 g/mol. The average molecular weight is 342 g/mol. The standard InChI is InChI=1S/C17H21F3N2O2/c1-16(2,3)12-6-4-11(5-7-12)15(24)21-8-14(23)22-9-13(10-22)17(18,19)20/h4-7,13H,8-10H2,1-3H3,(H,21,24). The third-order valence-corrected chi connectivity index (χ3v) is 4.11. The molecule has 0 atom stereocenters. The maximum atomic E-state index is 12.4. The molecule has 1 aliphatic heterocycles. The summed E-state index contributed by atoms with van der Waals surface area (Å²) >= 11 is 0. The minimum Gasteiger partial charge on any atom is -0.343 e. The lowest BCUT2D eigenvalue weighted by atomic mass is 9.87. The van der Waals surface area contributed by atoms with Crippen LogP contribution in [0.4, 0.5) is 13.2 Å². The van der Waals surface area contributed by atoms with E-state index in [1.807, 2.05) is 12.1 Å². The predicted octanol–water partition coefficient (Wildman–Crippen LogP) is 2.73. The Hall–Kier alpha value is -2.05.